The van der Waals surface area contributed by atoms with Crippen LogP contribution in [0.5, 0.6) is 5.75 Å². The number of nitrogens with zero attached hydrogens (tertiary/aromatic N) is 2. The van der Waals surface area contributed by atoms with Crippen LogP contribution in [0.2, 0.25) is 5.02 Å². The van der Waals surface area contributed by atoms with Crippen molar-refractivity contribution < 1.29 is 9.15 Å². The molecule has 0 unspecified atom stereocenters. The Hall–Kier alpha value is -1.75. The van der Waals surface area contributed by atoms with E-state index < -0.39 is 0 Å². The molecule has 6 heteroatoms. The number of ether oxygens (including phenoxy) is 1. The van der Waals surface area contributed by atoms with Crippen LogP contribution in [0.1, 0.15) is 11.8 Å². The third-order valence-corrected chi connectivity index (χ3v) is 2.23. The van der Waals surface area contributed by atoms with Crippen molar-refractivity contribution in [2.75, 3.05) is 5.73 Å². The van der Waals surface area contributed by atoms with E-state index in [4.69, 9.17) is 26.5 Å². The van der Waals surface area contributed by atoms with Gasteiger partial charge in [-0.05, 0) is 12.1 Å². The standard InChI is InChI=1S/C10H10ClN3O2/c1-6-13-14-10(16-6)5-15-7-2-3-9(12)8(11)4-7/h2-4H,5,12H2,1H3. The molecule has 0 saturated heterocycles. The molecule has 0 atom stereocenters. The first-order valence-electron chi connectivity index (χ1n) is 4.62. The molecule has 0 aliphatic rings. The van der Waals surface area contributed by atoms with E-state index in [1.54, 1.807) is 25.1 Å². The molecule has 5 nitrogen and oxygen atoms in total. The van der Waals surface area contributed by atoms with Gasteiger partial charge in [0, 0.05) is 13.0 Å². The summed E-state index contributed by atoms with van der Waals surface area (Å²) in [5.41, 5.74) is 6.09. The fourth-order valence-corrected chi connectivity index (χ4v) is 1.31. The van der Waals surface area contributed by atoms with Crippen molar-refractivity contribution in [1.29, 1.82) is 0 Å². The van der Waals surface area contributed by atoms with Crippen molar-refractivity contribution in [3.05, 3.63) is 35.0 Å². The SMILES string of the molecule is Cc1nnc(COc2ccc(N)c(Cl)c2)o1. The zero-order chi connectivity index (χ0) is 11.5. The van der Waals surface area contributed by atoms with Gasteiger partial charge in [0.05, 0.1) is 10.7 Å². The number of benzene rings is 1. The Balaban J connectivity index is 2.02. The number of hydrogen-bond acceptors (Lipinski definition) is 5. The number of rotatable bonds is 3. The van der Waals surface area contributed by atoms with Crippen LogP contribution in [-0.2, 0) is 6.61 Å². The van der Waals surface area contributed by atoms with Gasteiger partial charge in [-0.3, -0.25) is 0 Å². The molecule has 2 N–H and O–H groups in total. The maximum absolute atomic E-state index is 5.84. The topological polar surface area (TPSA) is 74.2 Å². The second-order valence-electron chi connectivity index (χ2n) is 3.19. The molecule has 1 heterocycles. The number of nitrogens with two attached hydrogens (primary N) is 1. The van der Waals surface area contributed by atoms with E-state index in [0.29, 0.717) is 28.2 Å². The first-order chi connectivity index (χ1) is 7.65. The largest absolute Gasteiger partial charge is 0.484 e. The van der Waals surface area contributed by atoms with Gasteiger partial charge in [-0.2, -0.15) is 0 Å². The zero-order valence-electron chi connectivity index (χ0n) is 8.61. The minimum atomic E-state index is 0.209. The summed E-state index contributed by atoms with van der Waals surface area (Å²) < 4.78 is 10.6. The normalized spacial score (nSPS) is 10.4. The molecule has 84 valence electrons. The summed E-state index contributed by atoms with van der Waals surface area (Å²) in [6.45, 7) is 1.93. The summed E-state index contributed by atoms with van der Waals surface area (Å²) in [5, 5.41) is 7.95. The van der Waals surface area contributed by atoms with Gasteiger partial charge in [-0.15, -0.1) is 10.2 Å². The molecule has 0 amide bonds. The first-order valence-corrected chi connectivity index (χ1v) is 5.00. The molecular formula is C10H10ClN3O2. The second-order valence-corrected chi connectivity index (χ2v) is 3.59. The summed E-state index contributed by atoms with van der Waals surface area (Å²) in [7, 11) is 0. The minimum absolute atomic E-state index is 0.209. The van der Waals surface area contributed by atoms with E-state index in [0.717, 1.165) is 0 Å². The van der Waals surface area contributed by atoms with Crippen LogP contribution in [0.3, 0.4) is 0 Å². The fourth-order valence-electron chi connectivity index (χ4n) is 1.14. The molecule has 0 spiro atoms. The molecule has 2 aromatic rings. The van der Waals surface area contributed by atoms with Gasteiger partial charge in [0.25, 0.3) is 5.89 Å². The van der Waals surface area contributed by atoms with Crippen molar-refractivity contribution in [3.8, 4) is 5.75 Å². The number of nitrogen functional groups attached to an aromatic ring is 1. The van der Waals surface area contributed by atoms with Crippen LogP contribution in [0.4, 0.5) is 5.69 Å². The van der Waals surface area contributed by atoms with Crippen LogP contribution in [0.15, 0.2) is 22.6 Å². The van der Waals surface area contributed by atoms with Gasteiger partial charge >= 0.3 is 0 Å². The third kappa shape index (κ3) is 2.43. The van der Waals surface area contributed by atoms with Gasteiger partial charge in [-0.1, -0.05) is 11.6 Å². The molecule has 1 aromatic heterocycles. The van der Waals surface area contributed by atoms with E-state index in [-0.39, 0.29) is 6.61 Å². The minimum Gasteiger partial charge on any atom is -0.484 e. The van der Waals surface area contributed by atoms with Crippen molar-refractivity contribution in [2.24, 2.45) is 0 Å². The van der Waals surface area contributed by atoms with Crippen LogP contribution in [-0.4, -0.2) is 10.2 Å². The summed E-state index contributed by atoms with van der Waals surface area (Å²) in [6, 6.07) is 5.04. The van der Waals surface area contributed by atoms with E-state index >= 15 is 0 Å². The van der Waals surface area contributed by atoms with Gasteiger partial charge in [-0.25, -0.2) is 0 Å². The number of anilines is 1. The summed E-state index contributed by atoms with van der Waals surface area (Å²) in [4.78, 5) is 0. The predicted molar refractivity (Wildman–Crippen MR) is 59.2 cm³/mol. The predicted octanol–water partition coefficient (Wildman–Crippen LogP) is 2.19. The van der Waals surface area contributed by atoms with E-state index in [2.05, 4.69) is 10.2 Å². The molecule has 0 aliphatic heterocycles. The van der Waals surface area contributed by atoms with Crippen molar-refractivity contribution in [1.82, 2.24) is 10.2 Å². The average molecular weight is 240 g/mol. The van der Waals surface area contributed by atoms with Crippen LogP contribution in [0.25, 0.3) is 0 Å². The van der Waals surface area contributed by atoms with Crippen molar-refractivity contribution in [2.45, 2.75) is 13.5 Å². The van der Waals surface area contributed by atoms with Crippen LogP contribution >= 0.6 is 11.6 Å². The van der Waals surface area contributed by atoms with Crippen molar-refractivity contribution in [3.63, 3.8) is 0 Å². The molecule has 16 heavy (non-hydrogen) atoms. The lowest BCUT2D eigenvalue weighted by atomic mass is 10.3. The first kappa shape index (κ1) is 10.8. The molecule has 1 aromatic carbocycles. The highest BCUT2D eigenvalue weighted by atomic mass is 35.5. The lowest BCUT2D eigenvalue weighted by Gasteiger charge is -2.04. The highest BCUT2D eigenvalue weighted by Gasteiger charge is 2.04. The van der Waals surface area contributed by atoms with E-state index in [1.807, 2.05) is 0 Å². The highest BCUT2D eigenvalue weighted by Crippen LogP contribution is 2.24. The molecule has 0 radical (unpaired) electrons. The fraction of sp³-hybridized carbons (Fsp3) is 0.200. The Morgan fingerprint density at radius 3 is 2.88 bits per heavy atom. The number of halogens is 1. The smallest absolute Gasteiger partial charge is 0.253 e. The Morgan fingerprint density at radius 1 is 1.44 bits per heavy atom. The van der Waals surface area contributed by atoms with Crippen LogP contribution in [0, 0.1) is 6.92 Å². The zero-order valence-corrected chi connectivity index (χ0v) is 9.36. The molecule has 2 rings (SSSR count). The number of aryl methyl sites for hydroxylation is 1. The molecular weight excluding hydrogens is 230 g/mol. The quantitative estimate of drug-likeness (QED) is 0.831. The van der Waals surface area contributed by atoms with Gasteiger partial charge < -0.3 is 14.9 Å². The Bertz CT molecular complexity index is 499. The lowest BCUT2D eigenvalue weighted by Crippen LogP contribution is -1.96. The maximum atomic E-state index is 5.84. The summed E-state index contributed by atoms with van der Waals surface area (Å²) in [6.07, 6.45) is 0. The number of hydrogen-bond donors (Lipinski definition) is 1. The van der Waals surface area contributed by atoms with E-state index in [9.17, 15) is 0 Å². The Labute approximate surface area is 97.2 Å². The molecule has 0 fully saturated rings. The maximum Gasteiger partial charge on any atom is 0.253 e. The van der Waals surface area contributed by atoms with Crippen molar-refractivity contribution >= 4 is 17.3 Å². The molecule has 0 bridgehead atoms. The Kier molecular flexibility index (Phi) is 2.96. The number of aromatic nitrogens is 2. The average Bonchev–Trinajstić information content (AvgIpc) is 2.66. The second kappa shape index (κ2) is 4.40. The van der Waals surface area contributed by atoms with Gasteiger partial charge in [0.1, 0.15) is 5.75 Å². The third-order valence-electron chi connectivity index (χ3n) is 1.90. The monoisotopic (exact) mass is 239 g/mol. The van der Waals surface area contributed by atoms with Crippen LogP contribution < -0.4 is 10.5 Å². The molecule has 0 saturated carbocycles. The Morgan fingerprint density at radius 2 is 2.25 bits per heavy atom. The lowest BCUT2D eigenvalue weighted by molar-refractivity contribution is 0.260. The summed E-state index contributed by atoms with van der Waals surface area (Å²) in [5.74, 6) is 1.54. The van der Waals surface area contributed by atoms with Gasteiger partial charge in [0.15, 0.2) is 6.61 Å². The van der Waals surface area contributed by atoms with Gasteiger partial charge in [0.2, 0.25) is 5.89 Å². The highest BCUT2D eigenvalue weighted by molar-refractivity contribution is 6.33. The summed E-state index contributed by atoms with van der Waals surface area (Å²) >= 11 is 5.84. The van der Waals surface area contributed by atoms with E-state index in [1.165, 1.54) is 0 Å². The molecule has 0 aliphatic carbocycles.